The van der Waals surface area contributed by atoms with E-state index in [0.717, 1.165) is 44.5 Å². The predicted molar refractivity (Wildman–Crippen MR) is 101 cm³/mol. The van der Waals surface area contributed by atoms with Gasteiger partial charge in [-0.3, -0.25) is 4.79 Å². The summed E-state index contributed by atoms with van der Waals surface area (Å²) >= 11 is 0. The molecule has 7 heteroatoms. The van der Waals surface area contributed by atoms with Gasteiger partial charge in [-0.2, -0.15) is 4.31 Å². The second kappa shape index (κ2) is 8.50. The van der Waals surface area contributed by atoms with Gasteiger partial charge in [0.05, 0.1) is 4.90 Å². The number of hydrogen-bond donors (Lipinski definition) is 1. The van der Waals surface area contributed by atoms with Gasteiger partial charge in [0.1, 0.15) is 0 Å². The number of piperazine rings is 1. The standard InChI is InChI=1S/C19H29N3O3S/c1-16-15-21(14-11-20-16)19(23)10-7-17-5-8-18(9-6-17)26(24,25)22-12-3-2-4-13-22/h5-6,8-9,16,20H,2-4,7,10-15H2,1H3. The molecule has 1 amide bonds. The molecule has 144 valence electrons. The van der Waals surface area contributed by atoms with Gasteiger partial charge in [0.25, 0.3) is 0 Å². The number of amides is 1. The van der Waals surface area contributed by atoms with Crippen molar-refractivity contribution in [1.82, 2.24) is 14.5 Å². The molecule has 26 heavy (non-hydrogen) atoms. The summed E-state index contributed by atoms with van der Waals surface area (Å²) < 4.78 is 26.9. The number of benzene rings is 1. The van der Waals surface area contributed by atoms with Gasteiger partial charge < -0.3 is 10.2 Å². The lowest BCUT2D eigenvalue weighted by Gasteiger charge is -2.32. The number of sulfonamides is 1. The van der Waals surface area contributed by atoms with Gasteiger partial charge >= 0.3 is 0 Å². The second-order valence-corrected chi connectivity index (χ2v) is 9.24. The van der Waals surface area contributed by atoms with Crippen LogP contribution in [0, 0.1) is 0 Å². The highest BCUT2D eigenvalue weighted by Gasteiger charge is 2.25. The molecule has 0 radical (unpaired) electrons. The minimum absolute atomic E-state index is 0.170. The molecular weight excluding hydrogens is 350 g/mol. The smallest absolute Gasteiger partial charge is 0.243 e. The summed E-state index contributed by atoms with van der Waals surface area (Å²) in [5, 5.41) is 3.33. The number of carbonyl (C=O) groups excluding carboxylic acids is 1. The third-order valence-corrected chi connectivity index (χ3v) is 7.14. The number of carbonyl (C=O) groups is 1. The van der Waals surface area contributed by atoms with Crippen LogP contribution in [0.15, 0.2) is 29.2 Å². The molecule has 1 aromatic rings. The highest BCUT2D eigenvalue weighted by molar-refractivity contribution is 7.89. The van der Waals surface area contributed by atoms with E-state index in [1.807, 2.05) is 17.0 Å². The minimum atomic E-state index is -3.38. The first-order valence-corrected chi connectivity index (χ1v) is 11.0. The van der Waals surface area contributed by atoms with Gasteiger partial charge in [0.2, 0.25) is 15.9 Å². The average Bonchev–Trinajstić information content (AvgIpc) is 2.67. The van der Waals surface area contributed by atoms with Crippen LogP contribution < -0.4 is 5.32 Å². The molecule has 0 spiro atoms. The Morgan fingerprint density at radius 1 is 1.12 bits per heavy atom. The molecule has 2 fully saturated rings. The topological polar surface area (TPSA) is 69.7 Å². The lowest BCUT2D eigenvalue weighted by Crippen LogP contribution is -2.51. The van der Waals surface area contributed by atoms with Crippen LogP contribution in [-0.4, -0.2) is 62.3 Å². The molecule has 1 N–H and O–H groups in total. The number of nitrogens with one attached hydrogen (secondary N) is 1. The maximum Gasteiger partial charge on any atom is 0.243 e. The summed E-state index contributed by atoms with van der Waals surface area (Å²) in [6.07, 6.45) is 4.07. The number of piperidine rings is 1. The molecule has 3 rings (SSSR count). The van der Waals surface area contributed by atoms with Crippen LogP contribution in [0.25, 0.3) is 0 Å². The zero-order valence-electron chi connectivity index (χ0n) is 15.5. The largest absolute Gasteiger partial charge is 0.340 e. The minimum Gasteiger partial charge on any atom is -0.340 e. The van der Waals surface area contributed by atoms with Crippen molar-refractivity contribution in [3.05, 3.63) is 29.8 Å². The van der Waals surface area contributed by atoms with Gasteiger partial charge in [-0.05, 0) is 43.9 Å². The van der Waals surface area contributed by atoms with Crippen molar-refractivity contribution >= 4 is 15.9 Å². The summed E-state index contributed by atoms with van der Waals surface area (Å²) in [6, 6.07) is 7.37. The number of rotatable bonds is 5. The van der Waals surface area contributed by atoms with Gasteiger partial charge in [-0.1, -0.05) is 18.6 Å². The fourth-order valence-electron chi connectivity index (χ4n) is 3.65. The lowest BCUT2D eigenvalue weighted by atomic mass is 10.1. The van der Waals surface area contributed by atoms with Gasteiger partial charge in [-0.25, -0.2) is 8.42 Å². The van der Waals surface area contributed by atoms with Crippen LogP contribution in [-0.2, 0) is 21.2 Å². The molecule has 0 saturated carbocycles. The molecule has 2 saturated heterocycles. The molecule has 6 nitrogen and oxygen atoms in total. The van der Waals surface area contributed by atoms with Gasteiger partial charge in [-0.15, -0.1) is 0 Å². The Labute approximate surface area is 156 Å². The number of aryl methyl sites for hydroxylation is 1. The van der Waals surface area contributed by atoms with E-state index in [1.54, 1.807) is 16.4 Å². The average molecular weight is 380 g/mol. The zero-order chi connectivity index (χ0) is 18.6. The van der Waals surface area contributed by atoms with Crippen molar-refractivity contribution in [2.75, 3.05) is 32.7 Å². The SMILES string of the molecule is CC1CN(C(=O)CCc2ccc(S(=O)(=O)N3CCCCC3)cc2)CCN1. The monoisotopic (exact) mass is 379 g/mol. The number of hydrogen-bond acceptors (Lipinski definition) is 4. The quantitative estimate of drug-likeness (QED) is 0.844. The normalized spacial score (nSPS) is 22.3. The van der Waals surface area contributed by atoms with Crippen LogP contribution in [0.3, 0.4) is 0 Å². The van der Waals surface area contributed by atoms with Crippen molar-refractivity contribution < 1.29 is 13.2 Å². The first-order chi connectivity index (χ1) is 12.5. The summed E-state index contributed by atoms with van der Waals surface area (Å²) in [6.45, 7) is 5.67. The van der Waals surface area contributed by atoms with Gasteiger partial charge in [0, 0.05) is 45.2 Å². The van der Waals surface area contributed by atoms with E-state index in [9.17, 15) is 13.2 Å². The molecule has 0 aliphatic carbocycles. The second-order valence-electron chi connectivity index (χ2n) is 7.30. The van der Waals surface area contributed by atoms with Crippen molar-refractivity contribution in [3.8, 4) is 0 Å². The van der Waals surface area contributed by atoms with Crippen molar-refractivity contribution in [2.24, 2.45) is 0 Å². The maximum absolute atomic E-state index is 12.7. The maximum atomic E-state index is 12.7. The van der Waals surface area contributed by atoms with Crippen LogP contribution in [0.1, 0.15) is 38.2 Å². The summed E-state index contributed by atoms with van der Waals surface area (Å²) in [5.41, 5.74) is 0.999. The van der Waals surface area contributed by atoms with Crippen LogP contribution in [0.5, 0.6) is 0 Å². The zero-order valence-corrected chi connectivity index (χ0v) is 16.3. The highest BCUT2D eigenvalue weighted by atomic mass is 32.2. The highest BCUT2D eigenvalue weighted by Crippen LogP contribution is 2.21. The molecule has 2 aliphatic heterocycles. The lowest BCUT2D eigenvalue weighted by molar-refractivity contribution is -0.132. The summed E-state index contributed by atoms with van der Waals surface area (Å²) in [4.78, 5) is 14.6. The third kappa shape index (κ3) is 4.64. The molecule has 2 heterocycles. The van der Waals surface area contributed by atoms with E-state index < -0.39 is 10.0 Å². The Bertz CT molecular complexity index is 712. The van der Waals surface area contributed by atoms with Crippen molar-refractivity contribution in [3.63, 3.8) is 0 Å². The van der Waals surface area contributed by atoms with Crippen LogP contribution >= 0.6 is 0 Å². The van der Waals surface area contributed by atoms with Crippen LogP contribution in [0.4, 0.5) is 0 Å². The third-order valence-electron chi connectivity index (χ3n) is 5.23. The first kappa shape index (κ1) is 19.3. The Hall–Kier alpha value is -1.44. The molecule has 2 aliphatic rings. The van der Waals surface area contributed by atoms with Crippen LogP contribution in [0.2, 0.25) is 0 Å². The first-order valence-electron chi connectivity index (χ1n) is 9.57. The van der Waals surface area contributed by atoms with Crippen molar-refractivity contribution in [2.45, 2.75) is 50.0 Å². The van der Waals surface area contributed by atoms with Gasteiger partial charge in [0.15, 0.2) is 0 Å². The predicted octanol–water partition coefficient (Wildman–Crippen LogP) is 1.61. The van der Waals surface area contributed by atoms with Crippen molar-refractivity contribution in [1.29, 1.82) is 0 Å². The Morgan fingerprint density at radius 3 is 2.46 bits per heavy atom. The number of nitrogens with zero attached hydrogens (tertiary/aromatic N) is 2. The molecular formula is C19H29N3O3S. The molecule has 0 aromatic heterocycles. The Kier molecular flexibility index (Phi) is 6.32. The molecule has 1 atom stereocenters. The van der Waals surface area contributed by atoms with E-state index in [4.69, 9.17) is 0 Å². The Balaban J connectivity index is 1.56. The fraction of sp³-hybridized carbons (Fsp3) is 0.632. The summed E-state index contributed by atoms with van der Waals surface area (Å²) in [5.74, 6) is 0.170. The van der Waals surface area contributed by atoms with E-state index >= 15 is 0 Å². The molecule has 1 unspecified atom stereocenters. The van der Waals surface area contributed by atoms with E-state index in [2.05, 4.69) is 12.2 Å². The fourth-order valence-corrected chi connectivity index (χ4v) is 5.17. The van der Waals surface area contributed by atoms with E-state index in [-0.39, 0.29) is 5.91 Å². The molecule has 0 bridgehead atoms. The summed E-state index contributed by atoms with van der Waals surface area (Å²) in [7, 11) is -3.38. The van der Waals surface area contributed by atoms with E-state index in [0.29, 0.717) is 36.9 Å². The molecule has 1 aromatic carbocycles. The van der Waals surface area contributed by atoms with E-state index in [1.165, 1.54) is 0 Å². The Morgan fingerprint density at radius 2 is 1.81 bits per heavy atom.